The molecule has 0 aliphatic carbocycles. The standard InChI is InChI=1S/C12H28O2Si/c1-9-11(3,4)14-15(8,13-7)12(5,6)10-2/h9-10H2,1-8H3. The van der Waals surface area contributed by atoms with Gasteiger partial charge in [-0.15, -0.1) is 0 Å². The highest BCUT2D eigenvalue weighted by Crippen LogP contribution is 2.43. The van der Waals surface area contributed by atoms with E-state index in [1.54, 1.807) is 7.11 Å². The molecule has 0 heterocycles. The Morgan fingerprint density at radius 1 is 1.00 bits per heavy atom. The van der Waals surface area contributed by atoms with Gasteiger partial charge in [0.25, 0.3) is 0 Å². The monoisotopic (exact) mass is 232 g/mol. The molecule has 0 aliphatic rings. The summed E-state index contributed by atoms with van der Waals surface area (Å²) in [5.41, 5.74) is -0.0799. The van der Waals surface area contributed by atoms with Crippen molar-refractivity contribution in [2.24, 2.45) is 0 Å². The van der Waals surface area contributed by atoms with Crippen molar-refractivity contribution in [1.82, 2.24) is 0 Å². The summed E-state index contributed by atoms with van der Waals surface area (Å²) in [6, 6.07) is 0. The van der Waals surface area contributed by atoms with Crippen LogP contribution >= 0.6 is 0 Å². The fourth-order valence-electron chi connectivity index (χ4n) is 1.38. The lowest BCUT2D eigenvalue weighted by molar-refractivity contribution is 0.0444. The third-order valence-corrected chi connectivity index (χ3v) is 8.36. The fraction of sp³-hybridized carbons (Fsp3) is 1.00. The van der Waals surface area contributed by atoms with E-state index in [0.29, 0.717) is 0 Å². The highest BCUT2D eigenvalue weighted by Gasteiger charge is 2.48. The van der Waals surface area contributed by atoms with Crippen LogP contribution in [0.3, 0.4) is 0 Å². The van der Waals surface area contributed by atoms with Crippen LogP contribution < -0.4 is 0 Å². The van der Waals surface area contributed by atoms with Crippen molar-refractivity contribution in [2.75, 3.05) is 7.11 Å². The maximum Gasteiger partial charge on any atom is 0.340 e. The first-order valence-electron chi connectivity index (χ1n) is 5.89. The Balaban J connectivity index is 4.87. The lowest BCUT2D eigenvalue weighted by atomic mass is 10.1. The molecular formula is C12H28O2Si. The Hall–Kier alpha value is 0.137. The predicted octanol–water partition coefficient (Wildman–Crippen LogP) is 4.10. The highest BCUT2D eigenvalue weighted by molar-refractivity contribution is 6.69. The van der Waals surface area contributed by atoms with Crippen molar-refractivity contribution >= 4 is 8.56 Å². The Labute approximate surface area is 96.6 Å². The van der Waals surface area contributed by atoms with Crippen LogP contribution in [0.4, 0.5) is 0 Å². The molecular weight excluding hydrogens is 204 g/mol. The summed E-state index contributed by atoms with van der Waals surface area (Å²) >= 11 is 0. The average Bonchev–Trinajstić information content (AvgIpc) is 2.16. The first kappa shape index (κ1) is 15.1. The zero-order valence-electron chi connectivity index (χ0n) is 11.7. The van der Waals surface area contributed by atoms with Gasteiger partial charge in [0, 0.05) is 12.1 Å². The Morgan fingerprint density at radius 2 is 1.47 bits per heavy atom. The van der Waals surface area contributed by atoms with Gasteiger partial charge in [-0.3, -0.25) is 0 Å². The average molecular weight is 232 g/mol. The van der Waals surface area contributed by atoms with E-state index in [1.165, 1.54) is 0 Å². The van der Waals surface area contributed by atoms with Gasteiger partial charge < -0.3 is 8.85 Å². The molecule has 0 radical (unpaired) electrons. The van der Waals surface area contributed by atoms with Crippen molar-refractivity contribution < 1.29 is 8.85 Å². The summed E-state index contributed by atoms with van der Waals surface area (Å²) < 4.78 is 12.0. The zero-order valence-corrected chi connectivity index (χ0v) is 12.7. The Morgan fingerprint density at radius 3 is 1.73 bits per heavy atom. The second kappa shape index (κ2) is 4.98. The van der Waals surface area contributed by atoms with Crippen LogP contribution in [0.15, 0.2) is 0 Å². The Kier molecular flexibility index (Phi) is 5.02. The van der Waals surface area contributed by atoms with Crippen molar-refractivity contribution in [3.8, 4) is 0 Å². The summed E-state index contributed by atoms with van der Waals surface area (Å²) in [6.45, 7) is 15.3. The summed E-state index contributed by atoms with van der Waals surface area (Å²) in [5, 5.41) is 0.147. The van der Waals surface area contributed by atoms with E-state index < -0.39 is 8.56 Å². The lowest BCUT2D eigenvalue weighted by Gasteiger charge is -2.44. The second-order valence-electron chi connectivity index (χ2n) is 5.60. The smallest absolute Gasteiger partial charge is 0.340 e. The maximum absolute atomic E-state index is 6.30. The summed E-state index contributed by atoms with van der Waals surface area (Å²) in [4.78, 5) is 0. The molecule has 0 aromatic carbocycles. The van der Waals surface area contributed by atoms with Crippen molar-refractivity contribution in [3.05, 3.63) is 0 Å². The molecule has 92 valence electrons. The van der Waals surface area contributed by atoms with Gasteiger partial charge in [0.15, 0.2) is 0 Å². The number of hydrogen-bond acceptors (Lipinski definition) is 2. The van der Waals surface area contributed by atoms with Crippen molar-refractivity contribution in [2.45, 2.75) is 71.6 Å². The minimum Gasteiger partial charge on any atom is -0.397 e. The Bertz CT molecular complexity index is 202. The summed E-state index contributed by atoms with van der Waals surface area (Å²) in [7, 11) is -0.320. The first-order chi connectivity index (χ1) is 6.64. The van der Waals surface area contributed by atoms with Crippen molar-refractivity contribution in [3.63, 3.8) is 0 Å². The third-order valence-electron chi connectivity index (χ3n) is 3.83. The SMILES string of the molecule is CCC(C)(C)O[Si](C)(OC)C(C)(C)CC. The third kappa shape index (κ3) is 3.57. The van der Waals surface area contributed by atoms with Crippen LogP contribution in [0.5, 0.6) is 0 Å². The molecule has 0 N–H and O–H groups in total. The van der Waals surface area contributed by atoms with Crippen molar-refractivity contribution in [1.29, 1.82) is 0 Å². The van der Waals surface area contributed by atoms with E-state index in [-0.39, 0.29) is 10.6 Å². The summed E-state index contributed by atoms with van der Waals surface area (Å²) in [6.07, 6.45) is 2.10. The molecule has 0 aromatic rings. The fourth-order valence-corrected chi connectivity index (χ4v) is 4.13. The molecule has 2 nitrogen and oxygen atoms in total. The number of rotatable bonds is 6. The van der Waals surface area contributed by atoms with Gasteiger partial charge in [0.1, 0.15) is 0 Å². The molecule has 0 bridgehead atoms. The molecule has 3 heteroatoms. The number of hydrogen-bond donors (Lipinski definition) is 0. The van der Waals surface area contributed by atoms with E-state index in [4.69, 9.17) is 8.85 Å². The largest absolute Gasteiger partial charge is 0.397 e. The molecule has 0 aromatic heterocycles. The first-order valence-corrected chi connectivity index (χ1v) is 8.21. The van der Waals surface area contributed by atoms with Crippen LogP contribution in [0.25, 0.3) is 0 Å². The topological polar surface area (TPSA) is 18.5 Å². The van der Waals surface area contributed by atoms with Gasteiger partial charge in [-0.25, -0.2) is 0 Å². The molecule has 0 aliphatic heterocycles. The zero-order chi connectivity index (χ0) is 12.3. The molecule has 1 atom stereocenters. The van der Waals surface area contributed by atoms with Gasteiger partial charge in [-0.05, 0) is 33.2 Å². The minimum absolute atomic E-state index is 0.0799. The molecule has 15 heavy (non-hydrogen) atoms. The van der Waals surface area contributed by atoms with Crippen LogP contribution in [0.2, 0.25) is 11.6 Å². The van der Waals surface area contributed by atoms with Crippen LogP contribution in [0.1, 0.15) is 54.4 Å². The molecule has 0 rings (SSSR count). The molecule has 0 fully saturated rings. The van der Waals surface area contributed by atoms with Gasteiger partial charge >= 0.3 is 8.56 Å². The van der Waals surface area contributed by atoms with Crippen LogP contribution in [-0.4, -0.2) is 21.3 Å². The molecule has 1 unspecified atom stereocenters. The minimum atomic E-state index is -2.11. The van der Waals surface area contributed by atoms with Crippen LogP contribution in [0, 0.1) is 0 Å². The van der Waals surface area contributed by atoms with E-state index in [9.17, 15) is 0 Å². The predicted molar refractivity (Wildman–Crippen MR) is 68.4 cm³/mol. The van der Waals surface area contributed by atoms with E-state index in [1.807, 2.05) is 0 Å². The molecule has 0 spiro atoms. The normalized spacial score (nSPS) is 17.6. The van der Waals surface area contributed by atoms with Gasteiger partial charge in [-0.1, -0.05) is 27.7 Å². The second-order valence-corrected chi connectivity index (χ2v) is 9.46. The molecule has 0 amide bonds. The molecule has 0 saturated carbocycles. The van der Waals surface area contributed by atoms with Crippen LogP contribution in [-0.2, 0) is 8.85 Å². The van der Waals surface area contributed by atoms with Gasteiger partial charge in [0.2, 0.25) is 0 Å². The maximum atomic E-state index is 6.30. The molecule has 0 saturated heterocycles. The highest BCUT2D eigenvalue weighted by atomic mass is 28.4. The van der Waals surface area contributed by atoms with E-state index >= 15 is 0 Å². The van der Waals surface area contributed by atoms with Gasteiger partial charge in [-0.2, -0.15) is 0 Å². The van der Waals surface area contributed by atoms with E-state index in [2.05, 4.69) is 48.1 Å². The van der Waals surface area contributed by atoms with Gasteiger partial charge in [0.05, 0.1) is 5.60 Å². The quantitative estimate of drug-likeness (QED) is 0.642. The summed E-state index contributed by atoms with van der Waals surface area (Å²) in [5.74, 6) is 0. The lowest BCUT2D eigenvalue weighted by Crippen LogP contribution is -2.52. The van der Waals surface area contributed by atoms with E-state index in [0.717, 1.165) is 12.8 Å².